The Bertz CT molecular complexity index is 574. The third kappa shape index (κ3) is 3.31. The van der Waals surface area contributed by atoms with E-state index in [1.165, 1.54) is 6.92 Å². The van der Waals surface area contributed by atoms with Crippen LogP contribution in [0.4, 0.5) is 22.0 Å². The first-order valence-corrected chi connectivity index (χ1v) is 7.08. The van der Waals surface area contributed by atoms with E-state index in [9.17, 15) is 31.9 Å². The molecule has 1 aliphatic heterocycles. The molecule has 1 N–H and O–H groups in total. The van der Waals surface area contributed by atoms with Gasteiger partial charge in [-0.25, -0.2) is 8.78 Å². The molecule has 1 aromatic carbocycles. The molecule has 23 heavy (non-hydrogen) atoms. The molecule has 1 aliphatic rings. The Morgan fingerprint density at radius 3 is 2.13 bits per heavy atom. The Kier molecular flexibility index (Phi) is 4.66. The molecule has 2 rings (SSSR count). The summed E-state index contributed by atoms with van der Waals surface area (Å²) in [5.74, 6) is -3.59. The lowest BCUT2D eigenvalue weighted by molar-refractivity contribution is -0.272. The Morgan fingerprint density at radius 2 is 1.70 bits per heavy atom. The Labute approximate surface area is 129 Å². The van der Waals surface area contributed by atoms with Gasteiger partial charge in [0.05, 0.1) is 5.92 Å². The van der Waals surface area contributed by atoms with Crippen molar-refractivity contribution in [2.75, 3.05) is 13.1 Å². The molecule has 0 aromatic heterocycles. The van der Waals surface area contributed by atoms with Crippen LogP contribution in [0, 0.1) is 11.6 Å². The number of hydrogen-bond donors (Lipinski definition) is 1. The summed E-state index contributed by atoms with van der Waals surface area (Å²) in [5, 5.41) is 9.57. The van der Waals surface area contributed by atoms with Gasteiger partial charge in [-0.3, -0.25) is 4.79 Å². The van der Waals surface area contributed by atoms with Crippen LogP contribution < -0.4 is 0 Å². The maximum atomic E-state index is 13.7. The van der Waals surface area contributed by atoms with Crippen molar-refractivity contribution >= 4 is 5.91 Å². The number of carbonyl (C=O) groups excluding carboxylic acids is 1. The Hall–Kier alpha value is -1.70. The number of alkyl halides is 3. The van der Waals surface area contributed by atoms with E-state index in [1.54, 1.807) is 0 Å². The lowest BCUT2D eigenvalue weighted by Gasteiger charge is -2.39. The first-order valence-electron chi connectivity index (χ1n) is 7.08. The van der Waals surface area contributed by atoms with Crippen LogP contribution in [-0.4, -0.2) is 40.8 Å². The summed E-state index contributed by atoms with van der Waals surface area (Å²) >= 11 is 0. The molecule has 1 amide bonds. The van der Waals surface area contributed by atoms with E-state index in [1.807, 2.05) is 0 Å². The van der Waals surface area contributed by atoms with Crippen LogP contribution in [-0.2, 0) is 4.79 Å². The molecule has 1 saturated heterocycles. The van der Waals surface area contributed by atoms with Crippen LogP contribution in [0.1, 0.15) is 31.2 Å². The highest BCUT2D eigenvalue weighted by molar-refractivity contribution is 5.83. The van der Waals surface area contributed by atoms with E-state index < -0.39 is 53.6 Å². The van der Waals surface area contributed by atoms with Crippen LogP contribution in [0.15, 0.2) is 18.2 Å². The van der Waals surface area contributed by atoms with Crippen LogP contribution >= 0.6 is 0 Å². The van der Waals surface area contributed by atoms with Crippen molar-refractivity contribution in [2.24, 2.45) is 0 Å². The zero-order chi connectivity index (χ0) is 17.4. The van der Waals surface area contributed by atoms with Crippen molar-refractivity contribution in [1.29, 1.82) is 0 Å². The molecule has 1 atom stereocenters. The first kappa shape index (κ1) is 17.7. The van der Waals surface area contributed by atoms with Gasteiger partial charge in [0.15, 0.2) is 5.60 Å². The van der Waals surface area contributed by atoms with E-state index in [0.29, 0.717) is 0 Å². The van der Waals surface area contributed by atoms with Gasteiger partial charge in [-0.1, -0.05) is 6.07 Å². The van der Waals surface area contributed by atoms with Gasteiger partial charge >= 0.3 is 6.18 Å². The van der Waals surface area contributed by atoms with Gasteiger partial charge in [0.1, 0.15) is 11.6 Å². The molecule has 0 saturated carbocycles. The maximum absolute atomic E-state index is 13.7. The Morgan fingerprint density at radius 1 is 1.22 bits per heavy atom. The summed E-state index contributed by atoms with van der Waals surface area (Å²) in [6, 6.07) is 3.19. The predicted octanol–water partition coefficient (Wildman–Crippen LogP) is 2.98. The number of likely N-dealkylation sites (tertiary alicyclic amines) is 1. The van der Waals surface area contributed by atoms with Gasteiger partial charge in [-0.05, 0) is 19.1 Å². The molecule has 3 nitrogen and oxygen atoms in total. The quantitative estimate of drug-likeness (QED) is 0.843. The number of benzene rings is 1. The van der Waals surface area contributed by atoms with Gasteiger partial charge in [0.25, 0.3) is 0 Å². The first-order chi connectivity index (χ1) is 10.6. The number of halogens is 5. The molecule has 0 spiro atoms. The largest absolute Gasteiger partial charge is 0.417 e. The summed E-state index contributed by atoms with van der Waals surface area (Å²) in [6.07, 6.45) is -6.09. The average Bonchev–Trinajstić information content (AvgIpc) is 2.46. The van der Waals surface area contributed by atoms with Gasteiger partial charge in [-0.15, -0.1) is 0 Å². The zero-order valence-electron chi connectivity index (χ0n) is 12.3. The average molecular weight is 337 g/mol. The standard InChI is InChI=1S/C15H16F5NO2/c1-9(12-10(16)3-2-4-11(12)17)13(22)21-7-5-14(23,6-8-21)15(18,19)20/h2-4,9,23H,5-8H2,1H3. The van der Waals surface area contributed by atoms with Crippen molar-refractivity contribution in [3.63, 3.8) is 0 Å². The topological polar surface area (TPSA) is 40.5 Å². The lowest BCUT2D eigenvalue weighted by Crippen LogP contribution is -2.54. The minimum absolute atomic E-state index is 0.324. The fourth-order valence-corrected chi connectivity index (χ4v) is 2.70. The number of rotatable bonds is 2. The van der Waals surface area contributed by atoms with Crippen molar-refractivity contribution in [2.45, 2.75) is 37.5 Å². The molecule has 128 valence electrons. The van der Waals surface area contributed by atoms with E-state index in [2.05, 4.69) is 0 Å². The molecule has 0 bridgehead atoms. The normalized spacial score (nSPS) is 19.5. The number of carbonyl (C=O) groups is 1. The van der Waals surface area contributed by atoms with E-state index in [0.717, 1.165) is 23.1 Å². The van der Waals surface area contributed by atoms with Crippen molar-refractivity contribution < 1.29 is 31.9 Å². The van der Waals surface area contributed by atoms with Crippen molar-refractivity contribution in [1.82, 2.24) is 4.90 Å². The summed E-state index contributed by atoms with van der Waals surface area (Å²) in [4.78, 5) is 13.4. The van der Waals surface area contributed by atoms with Gasteiger partial charge < -0.3 is 10.0 Å². The van der Waals surface area contributed by atoms with Gasteiger partial charge in [0, 0.05) is 31.5 Å². The maximum Gasteiger partial charge on any atom is 0.417 e. The third-order valence-electron chi connectivity index (χ3n) is 4.23. The molecule has 1 aromatic rings. The fraction of sp³-hybridized carbons (Fsp3) is 0.533. The number of aliphatic hydroxyl groups is 1. The number of amides is 1. The van der Waals surface area contributed by atoms with Crippen LogP contribution in [0.3, 0.4) is 0 Å². The predicted molar refractivity (Wildman–Crippen MR) is 71.6 cm³/mol. The molecule has 1 unspecified atom stereocenters. The van der Waals surface area contributed by atoms with E-state index in [-0.39, 0.29) is 13.1 Å². The number of hydrogen-bond acceptors (Lipinski definition) is 2. The van der Waals surface area contributed by atoms with E-state index in [4.69, 9.17) is 0 Å². The highest BCUT2D eigenvalue weighted by atomic mass is 19.4. The molecule has 0 radical (unpaired) electrons. The van der Waals surface area contributed by atoms with Crippen molar-refractivity contribution in [3.8, 4) is 0 Å². The molecule has 1 fully saturated rings. The summed E-state index contributed by atoms with van der Waals surface area (Å²) in [6.45, 7) is 0.652. The smallest absolute Gasteiger partial charge is 0.380 e. The van der Waals surface area contributed by atoms with Gasteiger partial charge in [-0.2, -0.15) is 13.2 Å². The fourth-order valence-electron chi connectivity index (χ4n) is 2.70. The Balaban J connectivity index is 2.11. The second kappa shape index (κ2) is 6.07. The monoisotopic (exact) mass is 337 g/mol. The lowest BCUT2D eigenvalue weighted by atomic mass is 9.89. The minimum Gasteiger partial charge on any atom is -0.380 e. The van der Waals surface area contributed by atoms with Crippen molar-refractivity contribution in [3.05, 3.63) is 35.4 Å². The summed E-state index contributed by atoms with van der Waals surface area (Å²) < 4.78 is 65.6. The summed E-state index contributed by atoms with van der Waals surface area (Å²) in [5.41, 5.74) is -3.23. The number of nitrogens with zero attached hydrogens (tertiary/aromatic N) is 1. The second-order valence-corrected chi connectivity index (χ2v) is 5.71. The number of piperidine rings is 1. The van der Waals surface area contributed by atoms with Crippen LogP contribution in [0.25, 0.3) is 0 Å². The molecule has 0 aliphatic carbocycles. The molecular weight excluding hydrogens is 321 g/mol. The highest BCUT2D eigenvalue weighted by Crippen LogP contribution is 2.39. The SMILES string of the molecule is CC(C(=O)N1CCC(O)(C(F)(F)F)CC1)c1c(F)cccc1F. The highest BCUT2D eigenvalue weighted by Gasteiger charge is 2.55. The molecule has 1 heterocycles. The minimum atomic E-state index is -4.77. The second-order valence-electron chi connectivity index (χ2n) is 5.71. The molecular formula is C15H16F5NO2. The van der Waals surface area contributed by atoms with E-state index >= 15 is 0 Å². The van der Waals surface area contributed by atoms with Crippen LogP contribution in [0.5, 0.6) is 0 Å². The third-order valence-corrected chi connectivity index (χ3v) is 4.23. The zero-order valence-corrected chi connectivity index (χ0v) is 12.3. The molecule has 8 heteroatoms. The van der Waals surface area contributed by atoms with Gasteiger partial charge in [0.2, 0.25) is 5.91 Å². The van der Waals surface area contributed by atoms with Crippen LogP contribution in [0.2, 0.25) is 0 Å². The summed E-state index contributed by atoms with van der Waals surface area (Å²) in [7, 11) is 0.